The van der Waals surface area contributed by atoms with Crippen LogP contribution in [0.15, 0.2) is 79.1 Å². The second-order valence-electron chi connectivity index (χ2n) is 7.44. The number of phenols is 2. The maximum Gasteiger partial charge on any atom is 0.181 e. The number of aliphatic hydroxyl groups is 1. The van der Waals surface area contributed by atoms with E-state index in [2.05, 4.69) is 20.6 Å². The van der Waals surface area contributed by atoms with Crippen molar-refractivity contribution in [2.24, 2.45) is 0 Å². The summed E-state index contributed by atoms with van der Waals surface area (Å²) < 4.78 is 2.61. The van der Waals surface area contributed by atoms with Crippen LogP contribution in [0.3, 0.4) is 0 Å². The molecule has 0 aliphatic rings. The fourth-order valence-corrected chi connectivity index (χ4v) is 3.89. The number of aromatic hydroxyl groups is 2. The maximum absolute atomic E-state index is 12.0. The number of phenolic OH excluding ortho intramolecular Hbond substituents is 2. The smallest absolute Gasteiger partial charge is 0.181 e. The van der Waals surface area contributed by atoms with Crippen LogP contribution in [-0.2, 0) is 5.60 Å². The number of nitrogens with zero attached hydrogens (tertiary/aromatic N) is 6. The third kappa shape index (κ3) is 3.75. The molecule has 0 saturated carbocycles. The van der Waals surface area contributed by atoms with Gasteiger partial charge in [-0.15, -0.1) is 10.2 Å². The molecule has 9 nitrogen and oxygen atoms in total. The van der Waals surface area contributed by atoms with Gasteiger partial charge in [-0.05, 0) is 42.0 Å². The van der Waals surface area contributed by atoms with Crippen molar-refractivity contribution in [1.82, 2.24) is 30.0 Å². The monoisotopic (exact) mass is 494 g/mol. The fraction of sp³-hybridized carbons (Fsp3) is 0.0435. The lowest BCUT2D eigenvalue weighted by Crippen LogP contribution is -2.30. The Morgan fingerprint density at radius 3 is 1.62 bits per heavy atom. The van der Waals surface area contributed by atoms with Gasteiger partial charge in [0.25, 0.3) is 0 Å². The van der Waals surface area contributed by atoms with Crippen molar-refractivity contribution < 1.29 is 15.3 Å². The lowest BCUT2D eigenvalue weighted by Gasteiger charge is -2.23. The predicted octanol–water partition coefficient (Wildman–Crippen LogP) is 3.85. The molecule has 0 bridgehead atoms. The van der Waals surface area contributed by atoms with Crippen LogP contribution >= 0.6 is 23.2 Å². The number of rotatable bonds is 5. The van der Waals surface area contributed by atoms with Gasteiger partial charge < -0.3 is 15.3 Å². The quantitative estimate of drug-likeness (QED) is 0.339. The van der Waals surface area contributed by atoms with Gasteiger partial charge in [0.15, 0.2) is 5.60 Å². The standard InChI is InChI=1S/C23H16Cl2N6O3/c24-15-6-8-19(32)17(10-15)30-12-21(26-28-30)23(34,14-4-2-1-3-5-14)22-13-31(29-27-22)18-11-16(25)7-9-20(18)33/h1-13,32-34H. The SMILES string of the molecule is Oc1ccc(Cl)cc1-n1cc(C(O)(c2ccccc2)c2cn(-c3cc(Cl)ccc3O)nn2)nn1. The summed E-state index contributed by atoms with van der Waals surface area (Å²) in [6.45, 7) is 0. The van der Waals surface area contributed by atoms with Crippen LogP contribution in [0.4, 0.5) is 0 Å². The summed E-state index contributed by atoms with van der Waals surface area (Å²) in [4.78, 5) is 0. The zero-order valence-corrected chi connectivity index (χ0v) is 18.8. The van der Waals surface area contributed by atoms with Crippen LogP contribution < -0.4 is 0 Å². The molecular weight excluding hydrogens is 479 g/mol. The lowest BCUT2D eigenvalue weighted by atomic mass is 9.88. The second-order valence-corrected chi connectivity index (χ2v) is 8.31. The normalized spacial score (nSPS) is 11.6. The van der Waals surface area contributed by atoms with Crippen LogP contribution in [0.25, 0.3) is 11.4 Å². The summed E-state index contributed by atoms with van der Waals surface area (Å²) in [6.07, 6.45) is 2.93. The van der Waals surface area contributed by atoms with E-state index in [1.165, 1.54) is 46.0 Å². The van der Waals surface area contributed by atoms with Gasteiger partial charge in [-0.2, -0.15) is 0 Å². The van der Waals surface area contributed by atoms with Gasteiger partial charge in [0.1, 0.15) is 34.3 Å². The summed E-state index contributed by atoms with van der Waals surface area (Å²) in [6, 6.07) is 17.8. The molecule has 3 aromatic carbocycles. The molecule has 5 rings (SSSR count). The summed E-state index contributed by atoms with van der Waals surface area (Å²) in [7, 11) is 0. The van der Waals surface area contributed by atoms with E-state index in [4.69, 9.17) is 23.2 Å². The van der Waals surface area contributed by atoms with Crippen LogP contribution in [0.2, 0.25) is 10.0 Å². The molecule has 2 aromatic heterocycles. The Balaban J connectivity index is 1.65. The average Bonchev–Trinajstić information content (AvgIpc) is 3.53. The number of hydrogen-bond acceptors (Lipinski definition) is 7. The zero-order chi connectivity index (χ0) is 23.9. The third-order valence-electron chi connectivity index (χ3n) is 5.29. The maximum atomic E-state index is 12.0. The van der Waals surface area contributed by atoms with Gasteiger partial charge in [0, 0.05) is 10.0 Å². The summed E-state index contributed by atoms with van der Waals surface area (Å²) >= 11 is 12.1. The minimum absolute atomic E-state index is 0.0634. The third-order valence-corrected chi connectivity index (χ3v) is 5.76. The van der Waals surface area contributed by atoms with E-state index >= 15 is 0 Å². The molecule has 34 heavy (non-hydrogen) atoms. The largest absolute Gasteiger partial charge is 0.506 e. The molecule has 5 aromatic rings. The summed E-state index contributed by atoms with van der Waals surface area (Å²) in [5.74, 6) is -0.127. The van der Waals surface area contributed by atoms with Crippen LogP contribution in [0, 0.1) is 0 Å². The van der Waals surface area contributed by atoms with E-state index in [-0.39, 0.29) is 34.3 Å². The molecule has 0 fully saturated rings. The fourth-order valence-electron chi connectivity index (χ4n) is 3.56. The molecule has 0 aliphatic carbocycles. The van der Waals surface area contributed by atoms with Gasteiger partial charge in [-0.25, -0.2) is 9.36 Å². The first kappa shape index (κ1) is 21.9. The number of benzene rings is 3. The Labute approximate surface area is 203 Å². The van der Waals surface area contributed by atoms with Crippen molar-refractivity contribution in [1.29, 1.82) is 0 Å². The highest BCUT2D eigenvalue weighted by Crippen LogP contribution is 2.36. The predicted molar refractivity (Wildman–Crippen MR) is 125 cm³/mol. The summed E-state index contributed by atoms with van der Waals surface area (Å²) in [5, 5.41) is 49.7. The first-order chi connectivity index (χ1) is 16.4. The molecule has 0 atom stereocenters. The molecule has 0 saturated heterocycles. The number of halogens is 2. The molecule has 0 amide bonds. The molecule has 3 N–H and O–H groups in total. The van der Waals surface area contributed by atoms with E-state index in [0.29, 0.717) is 15.6 Å². The van der Waals surface area contributed by atoms with E-state index in [1.54, 1.807) is 36.4 Å². The Hall–Kier alpha value is -3.92. The van der Waals surface area contributed by atoms with Crippen molar-refractivity contribution in [3.05, 3.63) is 106 Å². The van der Waals surface area contributed by atoms with Gasteiger partial charge in [0.05, 0.1) is 12.4 Å². The van der Waals surface area contributed by atoms with Crippen LogP contribution in [0.5, 0.6) is 11.5 Å². The summed E-state index contributed by atoms with van der Waals surface area (Å²) in [5.41, 5.74) is -0.580. The average molecular weight is 495 g/mol. The Kier molecular flexibility index (Phi) is 5.45. The zero-order valence-electron chi connectivity index (χ0n) is 17.3. The molecule has 2 heterocycles. The molecular formula is C23H16Cl2N6O3. The highest BCUT2D eigenvalue weighted by atomic mass is 35.5. The number of aromatic nitrogens is 6. The first-order valence-corrected chi connectivity index (χ1v) is 10.7. The Morgan fingerprint density at radius 2 is 1.15 bits per heavy atom. The van der Waals surface area contributed by atoms with Crippen molar-refractivity contribution in [3.8, 4) is 22.9 Å². The van der Waals surface area contributed by atoms with Crippen LogP contribution in [-0.4, -0.2) is 45.3 Å². The van der Waals surface area contributed by atoms with E-state index in [9.17, 15) is 15.3 Å². The van der Waals surface area contributed by atoms with E-state index < -0.39 is 5.60 Å². The molecule has 0 spiro atoms. The highest BCUT2D eigenvalue weighted by Gasteiger charge is 2.40. The topological polar surface area (TPSA) is 122 Å². The van der Waals surface area contributed by atoms with Crippen molar-refractivity contribution >= 4 is 23.2 Å². The molecule has 0 aliphatic heterocycles. The minimum atomic E-state index is -1.86. The van der Waals surface area contributed by atoms with Crippen molar-refractivity contribution in [3.63, 3.8) is 0 Å². The molecule has 170 valence electrons. The van der Waals surface area contributed by atoms with Gasteiger partial charge in [0.2, 0.25) is 0 Å². The minimum Gasteiger partial charge on any atom is -0.506 e. The molecule has 11 heteroatoms. The van der Waals surface area contributed by atoms with E-state index in [0.717, 1.165) is 0 Å². The van der Waals surface area contributed by atoms with Gasteiger partial charge >= 0.3 is 0 Å². The van der Waals surface area contributed by atoms with Crippen LogP contribution in [0.1, 0.15) is 17.0 Å². The number of hydrogen-bond donors (Lipinski definition) is 3. The highest BCUT2D eigenvalue weighted by molar-refractivity contribution is 6.31. The van der Waals surface area contributed by atoms with E-state index in [1.807, 2.05) is 6.07 Å². The lowest BCUT2D eigenvalue weighted by molar-refractivity contribution is 0.115. The van der Waals surface area contributed by atoms with Gasteiger partial charge in [-0.1, -0.05) is 64.0 Å². The Morgan fingerprint density at radius 1 is 0.676 bits per heavy atom. The second kappa shape index (κ2) is 8.45. The first-order valence-electron chi connectivity index (χ1n) is 9.97. The van der Waals surface area contributed by atoms with Crippen molar-refractivity contribution in [2.45, 2.75) is 5.60 Å². The molecule has 0 radical (unpaired) electrons. The van der Waals surface area contributed by atoms with Gasteiger partial charge in [-0.3, -0.25) is 0 Å². The molecule has 0 unspecified atom stereocenters. The van der Waals surface area contributed by atoms with Crippen molar-refractivity contribution in [2.75, 3.05) is 0 Å². The Bertz CT molecular complexity index is 1400.